The van der Waals surface area contributed by atoms with Gasteiger partial charge in [0.25, 0.3) is 0 Å². The smallest absolute Gasteiger partial charge is 0.239 e. The van der Waals surface area contributed by atoms with E-state index in [-0.39, 0.29) is 17.6 Å². The van der Waals surface area contributed by atoms with Gasteiger partial charge in [0.15, 0.2) is 0 Å². The van der Waals surface area contributed by atoms with Crippen molar-refractivity contribution in [1.29, 1.82) is 0 Å². The lowest BCUT2D eigenvalue weighted by atomic mass is 10.1. The number of rotatable bonds is 4. The second-order valence-corrected chi connectivity index (χ2v) is 5.85. The molecule has 2 amide bonds. The van der Waals surface area contributed by atoms with Crippen LogP contribution in [0.5, 0.6) is 0 Å². The molecule has 0 radical (unpaired) electrons. The molecular formula is C16H21FN2O2. The first-order chi connectivity index (χ1) is 9.91. The zero-order chi connectivity index (χ0) is 15.6. The Labute approximate surface area is 124 Å². The van der Waals surface area contributed by atoms with Crippen LogP contribution in [-0.4, -0.2) is 24.9 Å². The number of carbonyl (C=O) groups is 2. The second kappa shape index (κ2) is 6.24. The van der Waals surface area contributed by atoms with Gasteiger partial charge in [-0.25, -0.2) is 4.39 Å². The van der Waals surface area contributed by atoms with E-state index in [2.05, 4.69) is 5.32 Å². The molecule has 1 aromatic carbocycles. The van der Waals surface area contributed by atoms with E-state index in [1.165, 1.54) is 11.0 Å². The summed E-state index contributed by atoms with van der Waals surface area (Å²) in [6.45, 7) is 6.65. The SMILES string of the molecule is Cc1c(F)cccc1N1CCC(C(=O)NCC(C)C)C1=O. The summed E-state index contributed by atoms with van der Waals surface area (Å²) in [5.41, 5.74) is 0.994. The normalized spacial score (nSPS) is 18.4. The van der Waals surface area contributed by atoms with Crippen LogP contribution in [0.15, 0.2) is 18.2 Å². The largest absolute Gasteiger partial charge is 0.355 e. The van der Waals surface area contributed by atoms with Crippen molar-refractivity contribution in [3.05, 3.63) is 29.6 Å². The highest BCUT2D eigenvalue weighted by atomic mass is 19.1. The minimum Gasteiger partial charge on any atom is -0.355 e. The number of halogens is 1. The highest BCUT2D eigenvalue weighted by molar-refractivity contribution is 6.09. The first kappa shape index (κ1) is 15.5. The zero-order valence-electron chi connectivity index (χ0n) is 12.6. The summed E-state index contributed by atoms with van der Waals surface area (Å²) in [6, 6.07) is 4.66. The number of hydrogen-bond acceptors (Lipinski definition) is 2. The topological polar surface area (TPSA) is 49.4 Å². The van der Waals surface area contributed by atoms with Crippen LogP contribution < -0.4 is 10.2 Å². The van der Waals surface area contributed by atoms with Crippen LogP contribution in [0.2, 0.25) is 0 Å². The summed E-state index contributed by atoms with van der Waals surface area (Å²) in [7, 11) is 0. The van der Waals surface area contributed by atoms with Gasteiger partial charge in [0.2, 0.25) is 11.8 Å². The lowest BCUT2D eigenvalue weighted by Gasteiger charge is -2.19. The third-order valence-electron chi connectivity index (χ3n) is 3.74. The molecule has 1 N–H and O–H groups in total. The summed E-state index contributed by atoms with van der Waals surface area (Å²) in [5.74, 6) is -1.14. The quantitative estimate of drug-likeness (QED) is 0.865. The molecule has 2 rings (SSSR count). The number of nitrogens with zero attached hydrogens (tertiary/aromatic N) is 1. The average molecular weight is 292 g/mol. The van der Waals surface area contributed by atoms with Gasteiger partial charge < -0.3 is 10.2 Å². The van der Waals surface area contributed by atoms with E-state index in [1.54, 1.807) is 19.1 Å². The molecule has 21 heavy (non-hydrogen) atoms. The summed E-state index contributed by atoms with van der Waals surface area (Å²) < 4.78 is 13.6. The molecule has 1 heterocycles. The Morgan fingerprint density at radius 1 is 1.48 bits per heavy atom. The predicted octanol–water partition coefficient (Wildman–Crippen LogP) is 2.26. The summed E-state index contributed by atoms with van der Waals surface area (Å²) >= 11 is 0. The standard InChI is InChI=1S/C16H21FN2O2/c1-10(2)9-18-15(20)12-7-8-19(16(12)21)14-6-4-5-13(17)11(14)3/h4-6,10,12H,7-9H2,1-3H3,(H,18,20). The van der Waals surface area contributed by atoms with Crippen molar-refractivity contribution in [2.24, 2.45) is 11.8 Å². The average Bonchev–Trinajstić information content (AvgIpc) is 2.81. The van der Waals surface area contributed by atoms with E-state index in [1.807, 2.05) is 13.8 Å². The highest BCUT2D eigenvalue weighted by Crippen LogP contribution is 2.29. The van der Waals surface area contributed by atoms with E-state index >= 15 is 0 Å². The Balaban J connectivity index is 2.11. The fraction of sp³-hybridized carbons (Fsp3) is 0.500. The molecule has 1 aromatic rings. The summed E-state index contributed by atoms with van der Waals surface area (Å²) in [6.07, 6.45) is 0.471. The number of nitrogens with one attached hydrogen (secondary N) is 1. The van der Waals surface area contributed by atoms with Gasteiger partial charge >= 0.3 is 0 Å². The lowest BCUT2D eigenvalue weighted by Crippen LogP contribution is -2.38. The number of benzene rings is 1. The van der Waals surface area contributed by atoms with Crippen molar-refractivity contribution >= 4 is 17.5 Å². The van der Waals surface area contributed by atoms with E-state index in [0.717, 1.165) is 0 Å². The van der Waals surface area contributed by atoms with E-state index in [0.29, 0.717) is 36.7 Å². The van der Waals surface area contributed by atoms with E-state index in [4.69, 9.17) is 0 Å². The van der Waals surface area contributed by atoms with Gasteiger partial charge in [-0.05, 0) is 31.4 Å². The van der Waals surface area contributed by atoms with Crippen molar-refractivity contribution < 1.29 is 14.0 Å². The molecule has 4 nitrogen and oxygen atoms in total. The number of amides is 2. The molecule has 1 saturated heterocycles. The molecule has 1 unspecified atom stereocenters. The van der Waals surface area contributed by atoms with Crippen molar-refractivity contribution in [3.8, 4) is 0 Å². The maximum absolute atomic E-state index is 13.6. The highest BCUT2D eigenvalue weighted by Gasteiger charge is 2.38. The monoisotopic (exact) mass is 292 g/mol. The Kier molecular flexibility index (Phi) is 4.60. The maximum atomic E-state index is 13.6. The van der Waals surface area contributed by atoms with Crippen LogP contribution in [0.25, 0.3) is 0 Å². The Morgan fingerprint density at radius 3 is 2.86 bits per heavy atom. The lowest BCUT2D eigenvalue weighted by molar-refractivity contribution is -0.132. The van der Waals surface area contributed by atoms with E-state index in [9.17, 15) is 14.0 Å². The van der Waals surface area contributed by atoms with Gasteiger partial charge in [0, 0.05) is 24.3 Å². The molecule has 0 saturated carbocycles. The first-order valence-corrected chi connectivity index (χ1v) is 7.26. The number of anilines is 1. The zero-order valence-corrected chi connectivity index (χ0v) is 12.6. The van der Waals surface area contributed by atoms with Crippen molar-refractivity contribution in [1.82, 2.24) is 5.32 Å². The Hall–Kier alpha value is -1.91. The molecule has 0 spiro atoms. The van der Waals surface area contributed by atoms with Gasteiger partial charge in [-0.3, -0.25) is 9.59 Å². The first-order valence-electron chi connectivity index (χ1n) is 7.26. The van der Waals surface area contributed by atoms with Crippen LogP contribution in [0.1, 0.15) is 25.8 Å². The number of hydrogen-bond donors (Lipinski definition) is 1. The molecule has 0 aliphatic carbocycles. The third-order valence-corrected chi connectivity index (χ3v) is 3.74. The third kappa shape index (κ3) is 3.23. The minimum absolute atomic E-state index is 0.231. The van der Waals surface area contributed by atoms with Gasteiger partial charge in [-0.15, -0.1) is 0 Å². The molecule has 1 atom stereocenters. The molecule has 5 heteroatoms. The fourth-order valence-corrected chi connectivity index (χ4v) is 2.48. The fourth-order valence-electron chi connectivity index (χ4n) is 2.48. The van der Waals surface area contributed by atoms with Gasteiger partial charge in [-0.2, -0.15) is 0 Å². The van der Waals surface area contributed by atoms with Crippen LogP contribution in [0, 0.1) is 24.6 Å². The second-order valence-electron chi connectivity index (χ2n) is 5.85. The molecule has 0 aromatic heterocycles. The Morgan fingerprint density at radius 2 is 2.19 bits per heavy atom. The molecule has 1 aliphatic rings. The van der Waals surface area contributed by atoms with Gasteiger partial charge in [-0.1, -0.05) is 19.9 Å². The van der Waals surface area contributed by atoms with Crippen molar-refractivity contribution in [2.45, 2.75) is 27.2 Å². The predicted molar refractivity (Wildman–Crippen MR) is 79.4 cm³/mol. The van der Waals surface area contributed by atoms with Crippen LogP contribution in [0.4, 0.5) is 10.1 Å². The molecular weight excluding hydrogens is 271 g/mol. The maximum Gasteiger partial charge on any atom is 0.239 e. The van der Waals surface area contributed by atoms with Crippen LogP contribution in [0.3, 0.4) is 0 Å². The van der Waals surface area contributed by atoms with Crippen molar-refractivity contribution in [2.75, 3.05) is 18.0 Å². The van der Waals surface area contributed by atoms with Gasteiger partial charge in [0.05, 0.1) is 0 Å². The molecule has 1 aliphatic heterocycles. The summed E-state index contributed by atoms with van der Waals surface area (Å²) in [4.78, 5) is 26.0. The minimum atomic E-state index is -0.661. The molecule has 0 bridgehead atoms. The van der Waals surface area contributed by atoms with Crippen molar-refractivity contribution in [3.63, 3.8) is 0 Å². The molecule has 114 valence electrons. The number of carbonyl (C=O) groups excluding carboxylic acids is 2. The van der Waals surface area contributed by atoms with Gasteiger partial charge in [0.1, 0.15) is 11.7 Å². The van der Waals surface area contributed by atoms with Crippen LogP contribution >= 0.6 is 0 Å². The summed E-state index contributed by atoms with van der Waals surface area (Å²) in [5, 5.41) is 2.79. The Bertz CT molecular complexity index is 557. The van der Waals surface area contributed by atoms with Crippen LogP contribution in [-0.2, 0) is 9.59 Å². The van der Waals surface area contributed by atoms with E-state index < -0.39 is 5.92 Å². The molecule has 1 fully saturated rings.